The third kappa shape index (κ3) is 2.56. The van der Waals surface area contributed by atoms with Crippen LogP contribution in [0.2, 0.25) is 0 Å². The summed E-state index contributed by atoms with van der Waals surface area (Å²) in [5.41, 5.74) is 2.82. The van der Waals surface area contributed by atoms with Gasteiger partial charge in [0.15, 0.2) is 0 Å². The molecular formula is C11H16S. The largest absolute Gasteiger partial charge is 0.179 e. The minimum atomic E-state index is 0.630. The van der Waals surface area contributed by atoms with Gasteiger partial charge >= 0.3 is 0 Å². The molecule has 0 aliphatic heterocycles. The van der Waals surface area contributed by atoms with Crippen molar-refractivity contribution >= 4 is 12.6 Å². The summed E-state index contributed by atoms with van der Waals surface area (Å²) in [5.74, 6) is 1.56. The van der Waals surface area contributed by atoms with Gasteiger partial charge in [0.05, 0.1) is 0 Å². The maximum absolute atomic E-state index is 4.22. The van der Waals surface area contributed by atoms with E-state index in [0.29, 0.717) is 5.92 Å². The zero-order valence-electron chi connectivity index (χ0n) is 7.75. The Morgan fingerprint density at radius 3 is 2.67 bits per heavy atom. The van der Waals surface area contributed by atoms with E-state index in [9.17, 15) is 0 Å². The molecule has 1 rings (SSSR count). The quantitative estimate of drug-likeness (QED) is 0.678. The van der Waals surface area contributed by atoms with Crippen LogP contribution in [0.25, 0.3) is 0 Å². The summed E-state index contributed by atoms with van der Waals surface area (Å²) in [6, 6.07) is 8.77. The Morgan fingerprint density at radius 2 is 2.08 bits per heavy atom. The number of aryl methyl sites for hydroxylation is 1. The third-order valence-corrected chi connectivity index (χ3v) is 2.24. The number of thiol groups is 1. The van der Waals surface area contributed by atoms with Gasteiger partial charge in [-0.1, -0.05) is 38.1 Å². The highest BCUT2D eigenvalue weighted by Crippen LogP contribution is 2.15. The lowest BCUT2D eigenvalue weighted by molar-refractivity contribution is 0.863. The van der Waals surface area contributed by atoms with Crippen LogP contribution in [-0.4, -0.2) is 5.75 Å². The van der Waals surface area contributed by atoms with Gasteiger partial charge in [0, 0.05) is 0 Å². The maximum atomic E-state index is 4.22. The van der Waals surface area contributed by atoms with E-state index in [4.69, 9.17) is 0 Å². The molecule has 0 aliphatic rings. The minimum Gasteiger partial charge on any atom is -0.179 e. The van der Waals surface area contributed by atoms with Crippen molar-refractivity contribution in [3.63, 3.8) is 0 Å². The smallest absolute Gasteiger partial charge is 0.00574 e. The molecule has 1 heteroatoms. The predicted molar refractivity (Wildman–Crippen MR) is 58.1 cm³/mol. The van der Waals surface area contributed by atoms with E-state index in [2.05, 4.69) is 50.7 Å². The van der Waals surface area contributed by atoms with Crippen molar-refractivity contribution in [1.82, 2.24) is 0 Å². The molecule has 1 aromatic rings. The SMILES string of the molecule is CC(C)c1cccc(CCS)c1. The Hall–Kier alpha value is -0.430. The number of hydrogen-bond donors (Lipinski definition) is 1. The third-order valence-electron chi connectivity index (χ3n) is 2.02. The lowest BCUT2D eigenvalue weighted by Gasteiger charge is -2.06. The lowest BCUT2D eigenvalue weighted by Crippen LogP contribution is -1.91. The van der Waals surface area contributed by atoms with E-state index in [1.807, 2.05) is 0 Å². The van der Waals surface area contributed by atoms with E-state index in [-0.39, 0.29) is 0 Å². The zero-order valence-corrected chi connectivity index (χ0v) is 8.64. The number of rotatable bonds is 3. The van der Waals surface area contributed by atoms with Gasteiger partial charge in [0.1, 0.15) is 0 Å². The molecule has 0 spiro atoms. The van der Waals surface area contributed by atoms with Crippen molar-refractivity contribution in [3.8, 4) is 0 Å². The van der Waals surface area contributed by atoms with Crippen molar-refractivity contribution in [2.45, 2.75) is 26.2 Å². The second-order valence-corrected chi connectivity index (χ2v) is 3.82. The van der Waals surface area contributed by atoms with Gasteiger partial charge in [-0.3, -0.25) is 0 Å². The van der Waals surface area contributed by atoms with Gasteiger partial charge in [-0.15, -0.1) is 0 Å². The van der Waals surface area contributed by atoms with Crippen molar-refractivity contribution < 1.29 is 0 Å². The fourth-order valence-electron chi connectivity index (χ4n) is 1.24. The Kier molecular flexibility index (Phi) is 3.67. The second kappa shape index (κ2) is 4.56. The fraction of sp³-hybridized carbons (Fsp3) is 0.455. The van der Waals surface area contributed by atoms with Crippen LogP contribution in [0.5, 0.6) is 0 Å². The van der Waals surface area contributed by atoms with Crippen LogP contribution >= 0.6 is 12.6 Å². The lowest BCUT2D eigenvalue weighted by atomic mass is 10.0. The highest BCUT2D eigenvalue weighted by atomic mass is 32.1. The molecule has 0 unspecified atom stereocenters. The Morgan fingerprint density at radius 1 is 1.33 bits per heavy atom. The fourth-order valence-corrected chi connectivity index (χ4v) is 1.50. The van der Waals surface area contributed by atoms with Crippen LogP contribution in [0.3, 0.4) is 0 Å². The first-order valence-electron chi connectivity index (χ1n) is 4.43. The molecule has 0 aliphatic carbocycles. The molecular weight excluding hydrogens is 164 g/mol. The first-order valence-corrected chi connectivity index (χ1v) is 5.07. The number of benzene rings is 1. The molecule has 66 valence electrons. The van der Waals surface area contributed by atoms with Gasteiger partial charge in [0.2, 0.25) is 0 Å². The first kappa shape index (κ1) is 9.66. The van der Waals surface area contributed by atoms with E-state index < -0.39 is 0 Å². The second-order valence-electron chi connectivity index (χ2n) is 3.37. The summed E-state index contributed by atoms with van der Waals surface area (Å²) < 4.78 is 0. The molecule has 0 saturated heterocycles. The van der Waals surface area contributed by atoms with Gasteiger partial charge in [-0.2, -0.15) is 12.6 Å². The van der Waals surface area contributed by atoms with Crippen molar-refractivity contribution in [2.75, 3.05) is 5.75 Å². The summed E-state index contributed by atoms with van der Waals surface area (Å²) in [6.45, 7) is 4.44. The number of hydrogen-bond acceptors (Lipinski definition) is 1. The summed E-state index contributed by atoms with van der Waals surface area (Å²) in [7, 11) is 0. The van der Waals surface area contributed by atoms with Crippen LogP contribution < -0.4 is 0 Å². The Balaban J connectivity index is 2.81. The summed E-state index contributed by atoms with van der Waals surface area (Å²) in [4.78, 5) is 0. The predicted octanol–water partition coefficient (Wildman–Crippen LogP) is 3.28. The molecule has 0 atom stereocenters. The average Bonchev–Trinajstić information content (AvgIpc) is 2.05. The van der Waals surface area contributed by atoms with Crippen molar-refractivity contribution in [1.29, 1.82) is 0 Å². The van der Waals surface area contributed by atoms with E-state index in [1.54, 1.807) is 0 Å². The van der Waals surface area contributed by atoms with Gasteiger partial charge < -0.3 is 0 Å². The van der Waals surface area contributed by atoms with Crippen LogP contribution in [-0.2, 0) is 6.42 Å². The van der Waals surface area contributed by atoms with Gasteiger partial charge in [0.25, 0.3) is 0 Å². The summed E-state index contributed by atoms with van der Waals surface area (Å²) in [6.07, 6.45) is 1.07. The van der Waals surface area contributed by atoms with Crippen molar-refractivity contribution in [3.05, 3.63) is 35.4 Å². The topological polar surface area (TPSA) is 0 Å². The normalized spacial score (nSPS) is 10.7. The zero-order chi connectivity index (χ0) is 8.97. The molecule has 1 aromatic carbocycles. The van der Waals surface area contributed by atoms with E-state index in [1.165, 1.54) is 11.1 Å². The molecule has 0 bridgehead atoms. The molecule has 0 nitrogen and oxygen atoms in total. The molecule has 0 fully saturated rings. The Labute approximate surface area is 80.4 Å². The maximum Gasteiger partial charge on any atom is -0.00574 e. The van der Waals surface area contributed by atoms with Gasteiger partial charge in [-0.05, 0) is 29.2 Å². The highest BCUT2D eigenvalue weighted by molar-refractivity contribution is 7.80. The average molecular weight is 180 g/mol. The van der Waals surface area contributed by atoms with E-state index >= 15 is 0 Å². The Bertz CT molecular complexity index is 241. The van der Waals surface area contributed by atoms with Crippen molar-refractivity contribution in [2.24, 2.45) is 0 Å². The molecule has 0 aromatic heterocycles. The molecule has 0 radical (unpaired) electrons. The minimum absolute atomic E-state index is 0.630. The summed E-state index contributed by atoms with van der Waals surface area (Å²) in [5, 5.41) is 0. The standard InChI is InChI=1S/C11H16S/c1-9(2)11-5-3-4-10(8-11)6-7-12/h3-5,8-9,12H,6-7H2,1-2H3. The first-order chi connectivity index (χ1) is 5.74. The van der Waals surface area contributed by atoms with E-state index in [0.717, 1.165) is 12.2 Å². The molecule has 0 saturated carbocycles. The van der Waals surface area contributed by atoms with Gasteiger partial charge in [-0.25, -0.2) is 0 Å². The summed E-state index contributed by atoms with van der Waals surface area (Å²) >= 11 is 4.22. The van der Waals surface area contributed by atoms with Crippen LogP contribution in [0, 0.1) is 0 Å². The van der Waals surface area contributed by atoms with Crippen LogP contribution in [0.1, 0.15) is 30.9 Å². The molecule has 0 amide bonds. The van der Waals surface area contributed by atoms with Crippen LogP contribution in [0.4, 0.5) is 0 Å². The van der Waals surface area contributed by atoms with Crippen LogP contribution in [0.15, 0.2) is 24.3 Å². The molecule has 0 N–H and O–H groups in total. The highest BCUT2D eigenvalue weighted by Gasteiger charge is 1.98. The monoisotopic (exact) mass is 180 g/mol. The molecule has 12 heavy (non-hydrogen) atoms. The molecule has 0 heterocycles.